The maximum absolute atomic E-state index is 11.6. The fraction of sp³-hybridized carbons (Fsp3) is 0.375. The summed E-state index contributed by atoms with van der Waals surface area (Å²) >= 11 is 0. The summed E-state index contributed by atoms with van der Waals surface area (Å²) in [6, 6.07) is 4.73. The summed E-state index contributed by atoms with van der Waals surface area (Å²) in [5.41, 5.74) is 2.08. The minimum absolute atomic E-state index is 0.116. The molecule has 0 fully saturated rings. The summed E-state index contributed by atoms with van der Waals surface area (Å²) in [5.74, 6) is -0.0916. The Morgan fingerprint density at radius 3 is 2.79 bits per heavy atom. The highest BCUT2D eigenvalue weighted by molar-refractivity contribution is 5.72. The van der Waals surface area contributed by atoms with E-state index >= 15 is 0 Å². The predicted octanol–water partition coefficient (Wildman–Crippen LogP) is 2.50. The molecule has 0 atom stereocenters. The number of esters is 1. The number of rotatable bonds is 7. The van der Waals surface area contributed by atoms with E-state index in [-0.39, 0.29) is 23.8 Å². The van der Waals surface area contributed by atoms with Crippen molar-refractivity contribution in [1.82, 2.24) is 9.78 Å². The molecule has 0 radical (unpaired) electrons. The summed E-state index contributed by atoms with van der Waals surface area (Å²) in [4.78, 5) is 22.3. The lowest BCUT2D eigenvalue weighted by molar-refractivity contribution is -0.385. The molecule has 0 saturated heterocycles. The monoisotopic (exact) mass is 333 g/mol. The van der Waals surface area contributed by atoms with Crippen molar-refractivity contribution in [3.63, 3.8) is 0 Å². The summed E-state index contributed by atoms with van der Waals surface area (Å²) in [7, 11) is 3.15. The van der Waals surface area contributed by atoms with Crippen LogP contribution in [0.5, 0.6) is 5.75 Å². The first-order valence-electron chi connectivity index (χ1n) is 7.47. The highest BCUT2D eigenvalue weighted by Gasteiger charge is 2.19. The molecule has 128 valence electrons. The first-order valence-corrected chi connectivity index (χ1v) is 7.47. The van der Waals surface area contributed by atoms with Crippen molar-refractivity contribution in [3.05, 3.63) is 40.2 Å². The van der Waals surface area contributed by atoms with Gasteiger partial charge in [-0.25, -0.2) is 0 Å². The van der Waals surface area contributed by atoms with Gasteiger partial charge in [0.1, 0.15) is 0 Å². The van der Waals surface area contributed by atoms with Crippen molar-refractivity contribution in [2.45, 2.75) is 19.8 Å². The Hall–Kier alpha value is -2.90. The zero-order valence-corrected chi connectivity index (χ0v) is 13.8. The Balaban J connectivity index is 2.34. The maximum Gasteiger partial charge on any atom is 0.311 e. The Labute approximate surface area is 139 Å². The number of nitro benzene ring substituents is 1. The van der Waals surface area contributed by atoms with Crippen molar-refractivity contribution in [3.8, 4) is 16.9 Å². The van der Waals surface area contributed by atoms with Gasteiger partial charge in [0.25, 0.3) is 0 Å². The zero-order valence-electron chi connectivity index (χ0n) is 13.8. The molecule has 2 aromatic rings. The third-order valence-electron chi connectivity index (χ3n) is 3.62. The molecule has 1 aromatic heterocycles. The molecule has 0 amide bonds. The molecule has 24 heavy (non-hydrogen) atoms. The van der Waals surface area contributed by atoms with Gasteiger partial charge in [0.15, 0.2) is 5.75 Å². The lowest BCUT2D eigenvalue weighted by Crippen LogP contribution is -2.08. The van der Waals surface area contributed by atoms with Crippen LogP contribution in [0.25, 0.3) is 11.1 Å². The van der Waals surface area contributed by atoms with Crippen LogP contribution >= 0.6 is 0 Å². The molecule has 0 aliphatic rings. The van der Waals surface area contributed by atoms with Crippen LogP contribution in [0.4, 0.5) is 5.69 Å². The van der Waals surface area contributed by atoms with Crippen LogP contribution in [0, 0.1) is 10.1 Å². The summed E-state index contributed by atoms with van der Waals surface area (Å²) in [5, 5.41) is 15.4. The van der Waals surface area contributed by atoms with E-state index in [4.69, 9.17) is 9.47 Å². The van der Waals surface area contributed by atoms with Gasteiger partial charge in [-0.3, -0.25) is 19.6 Å². The largest absolute Gasteiger partial charge is 0.490 e. The third-order valence-corrected chi connectivity index (χ3v) is 3.62. The number of carbonyl (C=O) groups excluding carboxylic acids is 1. The van der Waals surface area contributed by atoms with E-state index in [1.54, 1.807) is 37.0 Å². The van der Waals surface area contributed by atoms with E-state index in [1.807, 2.05) is 0 Å². The van der Waals surface area contributed by atoms with Gasteiger partial charge in [-0.2, -0.15) is 5.10 Å². The SMILES string of the molecule is CCOC(=O)CCc1c(-c2ccc(OC)c([N+](=O)[O-])c2)cnn1C. The predicted molar refractivity (Wildman–Crippen MR) is 86.8 cm³/mol. The van der Waals surface area contributed by atoms with Crippen LogP contribution in [0.3, 0.4) is 0 Å². The van der Waals surface area contributed by atoms with Gasteiger partial charge >= 0.3 is 11.7 Å². The molecule has 0 aliphatic heterocycles. The van der Waals surface area contributed by atoms with E-state index in [1.165, 1.54) is 13.2 Å². The van der Waals surface area contributed by atoms with Gasteiger partial charge in [0, 0.05) is 30.8 Å². The van der Waals surface area contributed by atoms with Crippen LogP contribution in [0.15, 0.2) is 24.4 Å². The smallest absolute Gasteiger partial charge is 0.311 e. The van der Waals surface area contributed by atoms with Gasteiger partial charge in [0.05, 0.1) is 31.3 Å². The molecule has 0 saturated carbocycles. The van der Waals surface area contributed by atoms with Crippen molar-refractivity contribution >= 4 is 11.7 Å². The zero-order chi connectivity index (χ0) is 17.7. The molecule has 0 spiro atoms. The topological polar surface area (TPSA) is 96.5 Å². The lowest BCUT2D eigenvalue weighted by Gasteiger charge is -2.08. The Kier molecular flexibility index (Phi) is 5.51. The van der Waals surface area contributed by atoms with Gasteiger partial charge in [-0.15, -0.1) is 0 Å². The standard InChI is InChI=1S/C16H19N3O5/c1-4-24-16(20)8-6-13-12(10-17-18(13)2)11-5-7-15(23-3)14(9-11)19(21)22/h5,7,9-10H,4,6,8H2,1-3H3. The highest BCUT2D eigenvalue weighted by atomic mass is 16.6. The number of nitro groups is 1. The molecular weight excluding hydrogens is 314 g/mol. The van der Waals surface area contributed by atoms with Crippen LogP contribution in [-0.2, 0) is 23.0 Å². The van der Waals surface area contributed by atoms with Gasteiger partial charge in [-0.05, 0) is 18.6 Å². The maximum atomic E-state index is 11.6. The average molecular weight is 333 g/mol. The highest BCUT2D eigenvalue weighted by Crippen LogP contribution is 2.33. The second kappa shape index (κ2) is 7.58. The number of carbonyl (C=O) groups is 1. The van der Waals surface area contributed by atoms with Crippen LogP contribution in [0.2, 0.25) is 0 Å². The summed E-state index contributed by atoms with van der Waals surface area (Å²) in [6.07, 6.45) is 2.29. The molecule has 8 nitrogen and oxygen atoms in total. The fourth-order valence-corrected chi connectivity index (χ4v) is 2.45. The minimum Gasteiger partial charge on any atom is -0.490 e. The minimum atomic E-state index is -0.489. The summed E-state index contributed by atoms with van der Waals surface area (Å²) in [6.45, 7) is 2.09. The van der Waals surface area contributed by atoms with E-state index in [0.29, 0.717) is 18.6 Å². The quantitative estimate of drug-likeness (QED) is 0.439. The fourth-order valence-electron chi connectivity index (χ4n) is 2.45. The number of nitrogens with zero attached hydrogens (tertiary/aromatic N) is 3. The molecule has 0 aliphatic carbocycles. The number of ether oxygens (including phenoxy) is 2. The number of benzene rings is 1. The van der Waals surface area contributed by atoms with Gasteiger partial charge < -0.3 is 9.47 Å². The molecule has 1 aromatic carbocycles. The average Bonchev–Trinajstić information content (AvgIpc) is 2.93. The van der Waals surface area contributed by atoms with Crippen LogP contribution < -0.4 is 4.74 Å². The third kappa shape index (κ3) is 3.70. The van der Waals surface area contributed by atoms with E-state index in [0.717, 1.165) is 11.3 Å². The van der Waals surface area contributed by atoms with Crippen LogP contribution in [0.1, 0.15) is 19.0 Å². The molecular formula is C16H19N3O5. The molecule has 1 heterocycles. The second-order valence-corrected chi connectivity index (χ2v) is 5.08. The number of hydrogen-bond donors (Lipinski definition) is 0. The Bertz CT molecular complexity index is 754. The molecule has 0 N–H and O–H groups in total. The Morgan fingerprint density at radius 2 is 2.17 bits per heavy atom. The van der Waals surface area contributed by atoms with Gasteiger partial charge in [-0.1, -0.05) is 6.07 Å². The first kappa shape index (κ1) is 17.5. The second-order valence-electron chi connectivity index (χ2n) is 5.08. The Morgan fingerprint density at radius 1 is 1.42 bits per heavy atom. The molecule has 0 unspecified atom stereocenters. The van der Waals surface area contributed by atoms with Crippen molar-refractivity contribution in [1.29, 1.82) is 0 Å². The van der Waals surface area contributed by atoms with Crippen molar-refractivity contribution < 1.29 is 19.2 Å². The molecule has 0 bridgehead atoms. The van der Waals surface area contributed by atoms with E-state index < -0.39 is 4.92 Å². The van der Waals surface area contributed by atoms with E-state index in [9.17, 15) is 14.9 Å². The number of hydrogen-bond acceptors (Lipinski definition) is 6. The normalized spacial score (nSPS) is 10.5. The number of methoxy groups -OCH3 is 1. The van der Waals surface area contributed by atoms with E-state index in [2.05, 4.69) is 5.10 Å². The molecule has 8 heteroatoms. The van der Waals surface area contributed by atoms with Gasteiger partial charge in [0.2, 0.25) is 0 Å². The molecule has 2 rings (SSSR count). The number of aromatic nitrogens is 2. The van der Waals surface area contributed by atoms with Crippen LogP contribution in [-0.4, -0.2) is 34.4 Å². The van der Waals surface area contributed by atoms with Crippen molar-refractivity contribution in [2.75, 3.05) is 13.7 Å². The summed E-state index contributed by atoms with van der Waals surface area (Å²) < 4.78 is 11.6. The van der Waals surface area contributed by atoms with Crippen molar-refractivity contribution in [2.24, 2.45) is 7.05 Å². The lowest BCUT2D eigenvalue weighted by atomic mass is 10.0. The number of aryl methyl sites for hydroxylation is 1. The first-order chi connectivity index (χ1) is 11.5.